The first-order valence-corrected chi connectivity index (χ1v) is 7.42. The maximum absolute atomic E-state index is 12.2. The van der Waals surface area contributed by atoms with E-state index in [0.717, 1.165) is 22.6 Å². The van der Waals surface area contributed by atoms with Crippen molar-refractivity contribution in [3.63, 3.8) is 0 Å². The minimum absolute atomic E-state index is 0.173. The Morgan fingerprint density at radius 3 is 2.70 bits per heavy atom. The molecule has 2 heterocycles. The molecule has 0 unspecified atom stereocenters. The Bertz CT molecular complexity index is 846. The van der Waals surface area contributed by atoms with Gasteiger partial charge in [0.15, 0.2) is 0 Å². The third kappa shape index (κ3) is 3.31. The van der Waals surface area contributed by atoms with E-state index in [9.17, 15) is 4.79 Å². The smallest absolute Gasteiger partial charge is 0.273 e. The first-order valence-electron chi connectivity index (χ1n) is 7.42. The number of anilines is 1. The van der Waals surface area contributed by atoms with Gasteiger partial charge >= 0.3 is 0 Å². The Hall–Kier alpha value is -2.89. The average molecular weight is 309 g/mol. The van der Waals surface area contributed by atoms with Gasteiger partial charge in [-0.05, 0) is 43.7 Å². The van der Waals surface area contributed by atoms with E-state index in [1.165, 1.54) is 0 Å². The number of hydrogen-bond acceptors (Lipinski definition) is 3. The predicted molar refractivity (Wildman–Crippen MR) is 88.4 cm³/mol. The van der Waals surface area contributed by atoms with E-state index in [-0.39, 0.29) is 5.91 Å². The molecular weight excluding hydrogens is 290 g/mol. The fourth-order valence-electron chi connectivity index (χ4n) is 2.55. The second kappa shape index (κ2) is 6.08. The van der Waals surface area contributed by atoms with E-state index in [1.807, 2.05) is 48.9 Å². The number of rotatable bonds is 4. The Morgan fingerprint density at radius 2 is 2.04 bits per heavy atom. The van der Waals surface area contributed by atoms with Crippen LogP contribution >= 0.6 is 0 Å². The molecule has 2 aromatic heterocycles. The van der Waals surface area contributed by atoms with Gasteiger partial charge in [-0.3, -0.25) is 14.2 Å². The van der Waals surface area contributed by atoms with Gasteiger partial charge in [0, 0.05) is 24.6 Å². The van der Waals surface area contributed by atoms with Crippen molar-refractivity contribution in [3.8, 4) is 0 Å². The summed E-state index contributed by atoms with van der Waals surface area (Å²) in [6.45, 7) is 4.69. The highest BCUT2D eigenvalue weighted by Crippen LogP contribution is 2.14. The van der Waals surface area contributed by atoms with Crippen molar-refractivity contribution in [2.45, 2.75) is 20.4 Å². The van der Waals surface area contributed by atoms with Crippen LogP contribution in [0.4, 0.5) is 5.69 Å². The summed E-state index contributed by atoms with van der Waals surface area (Å²) in [5.41, 5.74) is 4.48. The van der Waals surface area contributed by atoms with Crippen LogP contribution in [0.25, 0.3) is 0 Å². The number of hydrogen-bond donors (Lipinski definition) is 1. The fraction of sp³-hybridized carbons (Fsp3) is 0.235. The molecule has 0 radical (unpaired) electrons. The van der Waals surface area contributed by atoms with Crippen LogP contribution in [0.15, 0.2) is 42.6 Å². The molecule has 3 aromatic rings. The largest absolute Gasteiger partial charge is 0.321 e. The van der Waals surface area contributed by atoms with Crippen molar-refractivity contribution in [3.05, 3.63) is 65.2 Å². The number of benzene rings is 1. The summed E-state index contributed by atoms with van der Waals surface area (Å²) in [5.74, 6) is -0.173. The first kappa shape index (κ1) is 15.0. The lowest BCUT2D eigenvalue weighted by atomic mass is 10.2. The monoisotopic (exact) mass is 309 g/mol. The Morgan fingerprint density at radius 1 is 1.22 bits per heavy atom. The maximum Gasteiger partial charge on any atom is 0.273 e. The quantitative estimate of drug-likeness (QED) is 0.805. The molecule has 1 aromatic carbocycles. The number of nitrogens with zero attached hydrogens (tertiary/aromatic N) is 4. The van der Waals surface area contributed by atoms with Crippen LogP contribution in [0.3, 0.4) is 0 Å². The number of aryl methyl sites for hydroxylation is 3. The third-order valence-corrected chi connectivity index (χ3v) is 3.67. The highest BCUT2D eigenvalue weighted by molar-refractivity contribution is 6.03. The summed E-state index contributed by atoms with van der Waals surface area (Å²) in [7, 11) is 1.74. The molecule has 6 nitrogen and oxygen atoms in total. The first-order chi connectivity index (χ1) is 11.0. The van der Waals surface area contributed by atoms with Crippen LogP contribution in [0, 0.1) is 13.8 Å². The molecule has 1 amide bonds. The lowest BCUT2D eigenvalue weighted by Gasteiger charge is -2.09. The Kier molecular flexibility index (Phi) is 3.97. The molecule has 0 fully saturated rings. The molecule has 3 rings (SSSR count). The van der Waals surface area contributed by atoms with E-state index < -0.39 is 0 Å². The average Bonchev–Trinajstić information content (AvgIpc) is 3.05. The molecule has 0 aliphatic heterocycles. The van der Waals surface area contributed by atoms with E-state index >= 15 is 0 Å². The summed E-state index contributed by atoms with van der Waals surface area (Å²) < 4.78 is 3.51. The summed E-state index contributed by atoms with van der Waals surface area (Å²) in [5, 5.41) is 11.4. The fourth-order valence-corrected chi connectivity index (χ4v) is 2.55. The van der Waals surface area contributed by atoms with Crippen LogP contribution in [-0.4, -0.2) is 25.5 Å². The van der Waals surface area contributed by atoms with Gasteiger partial charge in [0.2, 0.25) is 0 Å². The van der Waals surface area contributed by atoms with Gasteiger partial charge in [-0.1, -0.05) is 12.1 Å². The van der Waals surface area contributed by atoms with Crippen LogP contribution in [-0.2, 0) is 13.6 Å². The van der Waals surface area contributed by atoms with Gasteiger partial charge < -0.3 is 5.32 Å². The van der Waals surface area contributed by atoms with Gasteiger partial charge in [0.1, 0.15) is 5.69 Å². The second-order valence-electron chi connectivity index (χ2n) is 5.58. The number of aromatic nitrogens is 4. The molecule has 6 heteroatoms. The summed E-state index contributed by atoms with van der Waals surface area (Å²) in [6, 6.07) is 11.5. The van der Waals surface area contributed by atoms with Crippen LogP contribution in [0.1, 0.15) is 27.4 Å². The standard InChI is InChI=1S/C17H19N5O/c1-12-9-13(2)22(20-12)11-14-5-4-6-15(10-14)19-17(23)16-7-8-18-21(16)3/h4-10H,11H2,1-3H3,(H,19,23). The van der Waals surface area contributed by atoms with Crippen LogP contribution < -0.4 is 5.32 Å². The van der Waals surface area contributed by atoms with Gasteiger partial charge in [-0.15, -0.1) is 0 Å². The van der Waals surface area contributed by atoms with Crippen LogP contribution in [0.2, 0.25) is 0 Å². The van der Waals surface area contributed by atoms with Crippen molar-refractivity contribution >= 4 is 11.6 Å². The molecule has 0 atom stereocenters. The molecule has 23 heavy (non-hydrogen) atoms. The Balaban J connectivity index is 1.76. The van der Waals surface area contributed by atoms with Crippen LogP contribution in [0.5, 0.6) is 0 Å². The normalized spacial score (nSPS) is 10.7. The van der Waals surface area contributed by atoms with Gasteiger partial charge in [0.25, 0.3) is 5.91 Å². The minimum atomic E-state index is -0.173. The predicted octanol–water partition coefficient (Wildman–Crippen LogP) is 2.53. The maximum atomic E-state index is 12.2. The van der Waals surface area contributed by atoms with E-state index in [0.29, 0.717) is 12.2 Å². The van der Waals surface area contributed by atoms with Crippen molar-refractivity contribution in [1.29, 1.82) is 0 Å². The zero-order valence-electron chi connectivity index (χ0n) is 13.4. The lowest BCUT2D eigenvalue weighted by molar-refractivity contribution is 0.101. The minimum Gasteiger partial charge on any atom is -0.321 e. The number of carbonyl (C=O) groups excluding carboxylic acids is 1. The Labute approximate surface area is 134 Å². The zero-order valence-corrected chi connectivity index (χ0v) is 13.4. The zero-order chi connectivity index (χ0) is 16.4. The van der Waals surface area contributed by atoms with Crippen molar-refractivity contribution in [2.24, 2.45) is 7.05 Å². The second-order valence-corrected chi connectivity index (χ2v) is 5.58. The highest BCUT2D eigenvalue weighted by Gasteiger charge is 2.10. The van der Waals surface area contributed by atoms with Gasteiger partial charge in [-0.2, -0.15) is 10.2 Å². The molecular formula is C17H19N5O. The lowest BCUT2D eigenvalue weighted by Crippen LogP contribution is -2.16. The summed E-state index contributed by atoms with van der Waals surface area (Å²) >= 11 is 0. The van der Waals surface area contributed by atoms with E-state index in [1.54, 1.807) is 24.0 Å². The number of carbonyl (C=O) groups is 1. The molecule has 0 saturated heterocycles. The summed E-state index contributed by atoms with van der Waals surface area (Å²) in [4.78, 5) is 12.2. The molecule has 1 N–H and O–H groups in total. The highest BCUT2D eigenvalue weighted by atomic mass is 16.2. The molecule has 0 aliphatic rings. The molecule has 0 bridgehead atoms. The van der Waals surface area contributed by atoms with Gasteiger partial charge in [0.05, 0.1) is 12.2 Å². The molecule has 118 valence electrons. The SMILES string of the molecule is Cc1cc(C)n(Cc2cccc(NC(=O)c3ccnn3C)c2)n1. The van der Waals surface area contributed by atoms with Crippen molar-refractivity contribution in [1.82, 2.24) is 19.6 Å². The van der Waals surface area contributed by atoms with E-state index in [4.69, 9.17) is 0 Å². The molecule has 0 spiro atoms. The number of nitrogens with one attached hydrogen (secondary N) is 1. The number of amides is 1. The third-order valence-electron chi connectivity index (χ3n) is 3.67. The topological polar surface area (TPSA) is 64.7 Å². The molecule has 0 aliphatic carbocycles. The molecule has 0 saturated carbocycles. The summed E-state index contributed by atoms with van der Waals surface area (Å²) in [6.07, 6.45) is 1.61. The van der Waals surface area contributed by atoms with Crippen molar-refractivity contribution < 1.29 is 4.79 Å². The van der Waals surface area contributed by atoms with Crippen molar-refractivity contribution in [2.75, 3.05) is 5.32 Å². The van der Waals surface area contributed by atoms with Gasteiger partial charge in [-0.25, -0.2) is 0 Å². The van der Waals surface area contributed by atoms with E-state index in [2.05, 4.69) is 15.5 Å².